The van der Waals surface area contributed by atoms with Crippen molar-refractivity contribution in [3.05, 3.63) is 34.5 Å². The summed E-state index contributed by atoms with van der Waals surface area (Å²) < 4.78 is 11.7. The first-order valence-corrected chi connectivity index (χ1v) is 9.75. The quantitative estimate of drug-likeness (QED) is 0.616. The maximum Gasteiger partial charge on any atom is 0.270 e. The van der Waals surface area contributed by atoms with Gasteiger partial charge in [-0.1, -0.05) is 17.4 Å². The van der Waals surface area contributed by atoms with E-state index in [2.05, 4.69) is 4.98 Å². The molecule has 3 rings (SSSR count). The molecule has 0 fully saturated rings. The van der Waals surface area contributed by atoms with Crippen molar-refractivity contribution in [3.8, 4) is 11.5 Å². The number of fused-ring (bicyclic) bond motifs is 1. The van der Waals surface area contributed by atoms with Gasteiger partial charge >= 0.3 is 0 Å². The minimum atomic E-state index is -0.0279. The molecule has 0 saturated carbocycles. The summed E-state index contributed by atoms with van der Waals surface area (Å²) >= 11 is 2.92. The number of hydrogen-bond acceptors (Lipinski definition) is 7. The molecular formula is C18H21N3O3S2. The Balaban J connectivity index is 2.01. The zero-order valence-electron chi connectivity index (χ0n) is 15.2. The zero-order chi connectivity index (χ0) is 18.7. The molecule has 0 spiro atoms. The van der Waals surface area contributed by atoms with Gasteiger partial charge in [0.15, 0.2) is 16.6 Å². The van der Waals surface area contributed by atoms with Crippen LogP contribution in [0.2, 0.25) is 0 Å². The molecule has 2 aromatic heterocycles. The van der Waals surface area contributed by atoms with Gasteiger partial charge in [-0.2, -0.15) is 0 Å². The highest BCUT2D eigenvalue weighted by molar-refractivity contribution is 7.22. The van der Waals surface area contributed by atoms with Crippen LogP contribution in [0, 0.1) is 0 Å². The van der Waals surface area contributed by atoms with Gasteiger partial charge in [0.25, 0.3) is 5.91 Å². The van der Waals surface area contributed by atoms with Crippen LogP contribution in [0.4, 0.5) is 5.13 Å². The van der Waals surface area contributed by atoms with E-state index in [0.717, 1.165) is 16.8 Å². The number of likely N-dealkylation sites (N-methyl/N-ethyl adjacent to an activating group) is 1. The van der Waals surface area contributed by atoms with E-state index in [-0.39, 0.29) is 5.91 Å². The Labute approximate surface area is 160 Å². The van der Waals surface area contributed by atoms with Gasteiger partial charge in [-0.3, -0.25) is 9.69 Å². The van der Waals surface area contributed by atoms with Gasteiger partial charge < -0.3 is 14.4 Å². The highest BCUT2D eigenvalue weighted by Crippen LogP contribution is 2.37. The minimum Gasteiger partial charge on any atom is -0.493 e. The van der Waals surface area contributed by atoms with E-state index in [1.54, 1.807) is 19.1 Å². The summed E-state index contributed by atoms with van der Waals surface area (Å²) in [5, 5.41) is 2.58. The Morgan fingerprint density at radius 2 is 1.88 bits per heavy atom. The molecular weight excluding hydrogens is 370 g/mol. The normalized spacial score (nSPS) is 11.1. The van der Waals surface area contributed by atoms with Crippen molar-refractivity contribution in [3.63, 3.8) is 0 Å². The summed E-state index contributed by atoms with van der Waals surface area (Å²) in [6, 6.07) is 7.47. The number of carbonyl (C=O) groups is 1. The third-order valence-electron chi connectivity index (χ3n) is 3.86. The third kappa shape index (κ3) is 3.82. The Kier molecular flexibility index (Phi) is 5.75. The number of rotatable bonds is 7. The summed E-state index contributed by atoms with van der Waals surface area (Å²) in [6.07, 6.45) is 0. The third-order valence-corrected chi connectivity index (χ3v) is 5.76. The summed E-state index contributed by atoms with van der Waals surface area (Å²) in [5.74, 6) is 1.25. The predicted molar refractivity (Wildman–Crippen MR) is 107 cm³/mol. The number of aromatic nitrogens is 1. The molecule has 0 saturated heterocycles. The lowest BCUT2D eigenvalue weighted by atomic mass is 10.3. The molecule has 26 heavy (non-hydrogen) atoms. The Morgan fingerprint density at radius 1 is 1.15 bits per heavy atom. The van der Waals surface area contributed by atoms with Gasteiger partial charge in [0.1, 0.15) is 0 Å². The molecule has 0 unspecified atom stereocenters. The van der Waals surface area contributed by atoms with E-state index in [9.17, 15) is 4.79 Å². The SMILES string of the molecule is COc1cc2nc(N(CCN(C)C)C(=O)c3cccs3)sc2cc1OC. The van der Waals surface area contributed by atoms with Gasteiger partial charge in [0.05, 0.1) is 29.3 Å². The molecule has 3 aromatic rings. The highest BCUT2D eigenvalue weighted by Gasteiger charge is 2.22. The molecule has 8 heteroatoms. The predicted octanol–water partition coefficient (Wildman–Crippen LogP) is 3.58. The molecule has 2 heterocycles. The number of thiophene rings is 1. The molecule has 0 bridgehead atoms. The molecule has 138 valence electrons. The number of methoxy groups -OCH3 is 2. The van der Waals surface area contributed by atoms with Crippen LogP contribution in [0.5, 0.6) is 11.5 Å². The van der Waals surface area contributed by atoms with E-state index in [1.165, 1.54) is 22.7 Å². The van der Waals surface area contributed by atoms with Crippen LogP contribution in [0.15, 0.2) is 29.6 Å². The first-order chi connectivity index (χ1) is 12.5. The topological polar surface area (TPSA) is 54.9 Å². The fourth-order valence-electron chi connectivity index (χ4n) is 2.48. The van der Waals surface area contributed by atoms with Crippen molar-refractivity contribution in [2.75, 3.05) is 46.3 Å². The molecule has 1 aromatic carbocycles. The lowest BCUT2D eigenvalue weighted by Crippen LogP contribution is -2.36. The molecule has 0 atom stereocenters. The lowest BCUT2D eigenvalue weighted by Gasteiger charge is -2.21. The zero-order valence-corrected chi connectivity index (χ0v) is 16.8. The second-order valence-corrected chi connectivity index (χ2v) is 7.87. The number of anilines is 1. The number of ether oxygens (including phenoxy) is 2. The molecule has 0 aliphatic rings. The average molecular weight is 392 g/mol. The molecule has 0 N–H and O–H groups in total. The van der Waals surface area contributed by atoms with Crippen molar-refractivity contribution < 1.29 is 14.3 Å². The van der Waals surface area contributed by atoms with Crippen LogP contribution in [-0.4, -0.2) is 57.2 Å². The highest BCUT2D eigenvalue weighted by atomic mass is 32.1. The van der Waals surface area contributed by atoms with Gasteiger partial charge in [0.2, 0.25) is 0 Å². The monoisotopic (exact) mass is 391 g/mol. The van der Waals surface area contributed by atoms with E-state index < -0.39 is 0 Å². The van der Waals surface area contributed by atoms with Crippen molar-refractivity contribution >= 4 is 43.9 Å². The Bertz CT molecular complexity index is 850. The maximum atomic E-state index is 13.0. The average Bonchev–Trinajstić information content (AvgIpc) is 3.29. The van der Waals surface area contributed by atoms with Gasteiger partial charge in [-0.15, -0.1) is 11.3 Å². The smallest absolute Gasteiger partial charge is 0.270 e. The van der Waals surface area contributed by atoms with Crippen molar-refractivity contribution in [2.24, 2.45) is 0 Å². The molecule has 0 aliphatic heterocycles. The van der Waals surface area contributed by atoms with Crippen molar-refractivity contribution in [1.29, 1.82) is 0 Å². The molecule has 0 aliphatic carbocycles. The van der Waals surface area contributed by atoms with Gasteiger partial charge in [0, 0.05) is 25.2 Å². The number of hydrogen-bond donors (Lipinski definition) is 0. The largest absolute Gasteiger partial charge is 0.493 e. The number of carbonyl (C=O) groups excluding carboxylic acids is 1. The standard InChI is InChI=1S/C18H21N3O3S2/c1-20(2)7-8-21(17(22)15-6-5-9-25-15)18-19-12-10-13(23-3)14(24-4)11-16(12)26-18/h5-6,9-11H,7-8H2,1-4H3. The summed E-state index contributed by atoms with van der Waals surface area (Å²) in [4.78, 5) is 22.2. The van der Waals surface area contributed by atoms with Crippen molar-refractivity contribution in [1.82, 2.24) is 9.88 Å². The fraction of sp³-hybridized carbons (Fsp3) is 0.333. The molecule has 0 radical (unpaired) electrons. The van der Waals surface area contributed by atoms with E-state index >= 15 is 0 Å². The van der Waals surface area contributed by atoms with E-state index in [4.69, 9.17) is 9.47 Å². The number of nitrogens with zero attached hydrogens (tertiary/aromatic N) is 3. The fourth-order valence-corrected chi connectivity index (χ4v) is 4.15. The first kappa shape index (κ1) is 18.6. The van der Waals surface area contributed by atoms with E-state index in [0.29, 0.717) is 28.1 Å². The van der Waals surface area contributed by atoms with Gasteiger partial charge in [-0.25, -0.2) is 4.98 Å². The van der Waals surface area contributed by atoms with Crippen LogP contribution in [-0.2, 0) is 0 Å². The van der Waals surface area contributed by atoms with Crippen LogP contribution in [0.1, 0.15) is 9.67 Å². The van der Waals surface area contributed by atoms with Crippen LogP contribution < -0.4 is 14.4 Å². The second kappa shape index (κ2) is 8.03. The summed E-state index contributed by atoms with van der Waals surface area (Å²) in [6.45, 7) is 1.32. The second-order valence-electron chi connectivity index (χ2n) is 5.91. The Morgan fingerprint density at radius 3 is 2.50 bits per heavy atom. The number of thiazole rings is 1. The van der Waals surface area contributed by atoms with Gasteiger partial charge in [-0.05, 0) is 25.5 Å². The maximum absolute atomic E-state index is 13.0. The first-order valence-electron chi connectivity index (χ1n) is 8.06. The Hall–Kier alpha value is -2.16. The van der Waals surface area contributed by atoms with E-state index in [1.807, 2.05) is 48.6 Å². The number of benzene rings is 1. The lowest BCUT2D eigenvalue weighted by molar-refractivity contribution is 0.0989. The molecule has 6 nitrogen and oxygen atoms in total. The van der Waals surface area contributed by atoms with Crippen molar-refractivity contribution in [2.45, 2.75) is 0 Å². The summed E-state index contributed by atoms with van der Waals surface area (Å²) in [5.41, 5.74) is 0.788. The molecule has 1 amide bonds. The minimum absolute atomic E-state index is 0.0279. The van der Waals surface area contributed by atoms with Crippen LogP contribution >= 0.6 is 22.7 Å². The number of amides is 1. The van der Waals surface area contributed by atoms with Crippen LogP contribution in [0.3, 0.4) is 0 Å². The summed E-state index contributed by atoms with van der Waals surface area (Å²) in [7, 11) is 7.18. The van der Waals surface area contributed by atoms with Crippen LogP contribution in [0.25, 0.3) is 10.2 Å².